The maximum Gasteiger partial charge on any atom is 0.0181 e. The Bertz CT molecular complexity index is 165. The van der Waals surface area contributed by atoms with E-state index >= 15 is 0 Å². The third kappa shape index (κ3) is 2.29. The van der Waals surface area contributed by atoms with Gasteiger partial charge in [-0.15, -0.1) is 0 Å². The van der Waals surface area contributed by atoms with Crippen LogP contribution in [0.25, 0.3) is 0 Å². The number of hydrogen-bond donors (Lipinski definition) is 1. The third-order valence-corrected chi connectivity index (χ3v) is 4.01. The van der Waals surface area contributed by atoms with Crippen molar-refractivity contribution >= 4 is 0 Å². The van der Waals surface area contributed by atoms with E-state index in [9.17, 15) is 0 Å². The molecule has 82 valence electrons. The summed E-state index contributed by atoms with van der Waals surface area (Å²) in [4.78, 5) is 2.76. The summed E-state index contributed by atoms with van der Waals surface area (Å²) in [5.41, 5.74) is 0.553. The maximum atomic E-state index is 3.48. The van der Waals surface area contributed by atoms with Crippen LogP contribution in [-0.2, 0) is 0 Å². The maximum absolute atomic E-state index is 3.48. The van der Waals surface area contributed by atoms with Crippen molar-refractivity contribution in [1.82, 2.24) is 10.2 Å². The molecule has 0 radical (unpaired) electrons. The predicted octanol–water partition coefficient (Wildman–Crippen LogP) is 2.00. The molecule has 1 N–H and O–H groups in total. The lowest BCUT2D eigenvalue weighted by Crippen LogP contribution is -2.47. The monoisotopic (exact) mass is 196 g/mol. The number of hydrogen-bond acceptors (Lipinski definition) is 2. The highest BCUT2D eigenvalue weighted by Gasteiger charge is 2.34. The molecule has 0 aromatic carbocycles. The number of rotatable bonds is 1. The molecule has 2 aliphatic rings. The Kier molecular flexibility index (Phi) is 3.45. The Morgan fingerprint density at radius 3 is 2.07 bits per heavy atom. The van der Waals surface area contributed by atoms with Crippen LogP contribution in [0.2, 0.25) is 0 Å². The fourth-order valence-corrected chi connectivity index (χ4v) is 3.02. The topological polar surface area (TPSA) is 15.3 Å². The van der Waals surface area contributed by atoms with Crippen molar-refractivity contribution in [3.63, 3.8) is 0 Å². The molecule has 0 spiro atoms. The molecule has 2 heteroatoms. The SMILES string of the molecule is CC1(N2CCCNCCC2)CCCC1. The molecular weight excluding hydrogens is 172 g/mol. The molecule has 2 nitrogen and oxygen atoms in total. The van der Waals surface area contributed by atoms with Gasteiger partial charge in [0.2, 0.25) is 0 Å². The smallest absolute Gasteiger partial charge is 0.0181 e. The quantitative estimate of drug-likeness (QED) is 0.690. The van der Waals surface area contributed by atoms with Crippen LogP contribution in [0.5, 0.6) is 0 Å². The van der Waals surface area contributed by atoms with E-state index in [1.165, 1.54) is 64.7 Å². The van der Waals surface area contributed by atoms with Gasteiger partial charge in [0.05, 0.1) is 0 Å². The average molecular weight is 196 g/mol. The lowest BCUT2D eigenvalue weighted by Gasteiger charge is -2.39. The highest BCUT2D eigenvalue weighted by Crippen LogP contribution is 2.35. The molecule has 2 rings (SSSR count). The van der Waals surface area contributed by atoms with Crippen LogP contribution in [0.4, 0.5) is 0 Å². The molecule has 0 aromatic rings. The first-order chi connectivity index (χ1) is 6.81. The van der Waals surface area contributed by atoms with Gasteiger partial charge in [-0.2, -0.15) is 0 Å². The van der Waals surface area contributed by atoms with Crippen LogP contribution in [-0.4, -0.2) is 36.6 Å². The largest absolute Gasteiger partial charge is 0.317 e. The summed E-state index contributed by atoms with van der Waals surface area (Å²) in [6.07, 6.45) is 8.42. The summed E-state index contributed by atoms with van der Waals surface area (Å²) in [6, 6.07) is 0. The fraction of sp³-hybridized carbons (Fsp3) is 1.00. The van der Waals surface area contributed by atoms with Crippen molar-refractivity contribution in [1.29, 1.82) is 0 Å². The van der Waals surface area contributed by atoms with Crippen LogP contribution in [0, 0.1) is 0 Å². The zero-order valence-corrected chi connectivity index (χ0v) is 9.52. The molecule has 1 saturated carbocycles. The Morgan fingerprint density at radius 2 is 1.50 bits per heavy atom. The molecule has 0 amide bonds. The molecule has 2 fully saturated rings. The Morgan fingerprint density at radius 1 is 0.929 bits per heavy atom. The second-order valence-corrected chi connectivity index (χ2v) is 5.15. The van der Waals surface area contributed by atoms with Gasteiger partial charge < -0.3 is 5.32 Å². The van der Waals surface area contributed by atoms with Gasteiger partial charge >= 0.3 is 0 Å². The summed E-state index contributed by atoms with van der Waals surface area (Å²) in [6.45, 7) is 7.53. The van der Waals surface area contributed by atoms with Crippen LogP contribution >= 0.6 is 0 Å². The van der Waals surface area contributed by atoms with Gasteiger partial charge in [-0.3, -0.25) is 4.90 Å². The minimum atomic E-state index is 0.553. The molecule has 14 heavy (non-hydrogen) atoms. The summed E-state index contributed by atoms with van der Waals surface area (Å²) in [5.74, 6) is 0. The van der Waals surface area contributed by atoms with Gasteiger partial charge in [-0.1, -0.05) is 12.8 Å². The van der Waals surface area contributed by atoms with Gasteiger partial charge in [-0.25, -0.2) is 0 Å². The first-order valence-corrected chi connectivity index (χ1v) is 6.27. The van der Waals surface area contributed by atoms with E-state index in [4.69, 9.17) is 0 Å². The number of nitrogens with zero attached hydrogens (tertiary/aromatic N) is 1. The molecular formula is C12H24N2. The van der Waals surface area contributed by atoms with Gasteiger partial charge in [0, 0.05) is 5.54 Å². The Labute approximate surface area is 88.1 Å². The number of nitrogens with one attached hydrogen (secondary N) is 1. The highest BCUT2D eigenvalue weighted by atomic mass is 15.2. The Balaban J connectivity index is 1.92. The predicted molar refractivity (Wildman–Crippen MR) is 60.5 cm³/mol. The fourth-order valence-electron chi connectivity index (χ4n) is 3.02. The van der Waals surface area contributed by atoms with Crippen molar-refractivity contribution in [2.24, 2.45) is 0 Å². The van der Waals surface area contributed by atoms with E-state index in [2.05, 4.69) is 17.1 Å². The van der Waals surface area contributed by atoms with Crippen LogP contribution in [0.1, 0.15) is 45.4 Å². The highest BCUT2D eigenvalue weighted by molar-refractivity contribution is 4.91. The molecule has 0 aromatic heterocycles. The molecule has 0 atom stereocenters. The van der Waals surface area contributed by atoms with E-state index in [0.29, 0.717) is 5.54 Å². The van der Waals surface area contributed by atoms with Crippen molar-refractivity contribution in [2.45, 2.75) is 51.0 Å². The third-order valence-electron chi connectivity index (χ3n) is 4.01. The summed E-state index contributed by atoms with van der Waals surface area (Å²) in [7, 11) is 0. The minimum absolute atomic E-state index is 0.553. The second-order valence-electron chi connectivity index (χ2n) is 5.15. The van der Waals surface area contributed by atoms with E-state index in [1.807, 2.05) is 0 Å². The van der Waals surface area contributed by atoms with Gasteiger partial charge in [-0.05, 0) is 58.8 Å². The molecule has 1 heterocycles. The normalized spacial score (nSPS) is 29.8. The lowest BCUT2D eigenvalue weighted by molar-refractivity contribution is 0.100. The zero-order chi connectivity index (χ0) is 9.86. The Hall–Kier alpha value is -0.0800. The van der Waals surface area contributed by atoms with Gasteiger partial charge in [0.25, 0.3) is 0 Å². The molecule has 1 saturated heterocycles. The van der Waals surface area contributed by atoms with Gasteiger partial charge in [0.1, 0.15) is 0 Å². The summed E-state index contributed by atoms with van der Waals surface area (Å²) in [5, 5.41) is 3.48. The molecule has 0 bridgehead atoms. The molecule has 0 unspecified atom stereocenters. The van der Waals surface area contributed by atoms with Crippen LogP contribution in [0.15, 0.2) is 0 Å². The minimum Gasteiger partial charge on any atom is -0.317 e. The van der Waals surface area contributed by atoms with Crippen molar-refractivity contribution < 1.29 is 0 Å². The zero-order valence-electron chi connectivity index (χ0n) is 9.52. The molecule has 1 aliphatic carbocycles. The average Bonchev–Trinajstić information content (AvgIpc) is 2.52. The van der Waals surface area contributed by atoms with Crippen LogP contribution < -0.4 is 5.32 Å². The first-order valence-electron chi connectivity index (χ1n) is 6.27. The van der Waals surface area contributed by atoms with Gasteiger partial charge in [0.15, 0.2) is 0 Å². The van der Waals surface area contributed by atoms with E-state index in [-0.39, 0.29) is 0 Å². The summed E-state index contributed by atoms with van der Waals surface area (Å²) < 4.78 is 0. The van der Waals surface area contributed by atoms with Crippen LogP contribution in [0.3, 0.4) is 0 Å². The van der Waals surface area contributed by atoms with Crippen molar-refractivity contribution in [2.75, 3.05) is 26.2 Å². The lowest BCUT2D eigenvalue weighted by atomic mass is 9.97. The summed E-state index contributed by atoms with van der Waals surface area (Å²) >= 11 is 0. The van der Waals surface area contributed by atoms with E-state index in [0.717, 1.165) is 0 Å². The standard InChI is InChI=1S/C12H24N2/c1-12(6-2-3-7-12)14-10-4-8-13-9-5-11-14/h13H,2-11H2,1H3. The second kappa shape index (κ2) is 4.63. The van der Waals surface area contributed by atoms with Crippen molar-refractivity contribution in [3.8, 4) is 0 Å². The molecule has 1 aliphatic heterocycles. The van der Waals surface area contributed by atoms with E-state index in [1.54, 1.807) is 0 Å². The first kappa shape index (κ1) is 10.4. The van der Waals surface area contributed by atoms with E-state index < -0.39 is 0 Å². The van der Waals surface area contributed by atoms with Crippen molar-refractivity contribution in [3.05, 3.63) is 0 Å².